The summed E-state index contributed by atoms with van der Waals surface area (Å²) in [5.41, 5.74) is -0.877. The van der Waals surface area contributed by atoms with Crippen molar-refractivity contribution in [3.63, 3.8) is 0 Å². The van der Waals surface area contributed by atoms with Gasteiger partial charge < -0.3 is 9.90 Å². The van der Waals surface area contributed by atoms with Crippen molar-refractivity contribution >= 4 is 11.8 Å². The van der Waals surface area contributed by atoms with Crippen molar-refractivity contribution in [3.8, 4) is 0 Å². The van der Waals surface area contributed by atoms with E-state index >= 15 is 0 Å². The summed E-state index contributed by atoms with van der Waals surface area (Å²) in [7, 11) is 0. The van der Waals surface area contributed by atoms with Gasteiger partial charge >= 0.3 is 0 Å². The third-order valence-corrected chi connectivity index (χ3v) is 2.99. The highest BCUT2D eigenvalue weighted by Gasteiger charge is 2.30. The van der Waals surface area contributed by atoms with Crippen LogP contribution in [0.25, 0.3) is 0 Å². The minimum Gasteiger partial charge on any atom is -0.550 e. The van der Waals surface area contributed by atoms with Crippen LogP contribution in [-0.4, -0.2) is 11.8 Å². The zero-order valence-electron chi connectivity index (χ0n) is 8.84. The molecule has 0 heterocycles. The van der Waals surface area contributed by atoms with Gasteiger partial charge in [-0.25, -0.2) is 0 Å². The molecule has 1 rings (SSSR count). The van der Waals surface area contributed by atoms with Crippen LogP contribution in [0.15, 0.2) is 0 Å². The third kappa shape index (κ3) is 2.56. The Morgan fingerprint density at radius 2 is 2.14 bits per heavy atom. The fraction of sp³-hybridized carbons (Fsp3) is 0.818. The van der Waals surface area contributed by atoms with Gasteiger partial charge in [-0.1, -0.05) is 20.3 Å². The smallest absolute Gasteiger partial charge is 0.136 e. The summed E-state index contributed by atoms with van der Waals surface area (Å²) in [6, 6.07) is 0. The molecule has 3 nitrogen and oxygen atoms in total. The van der Waals surface area contributed by atoms with Gasteiger partial charge in [-0.3, -0.25) is 4.79 Å². The molecule has 0 bridgehead atoms. The number of hydrogen-bond donors (Lipinski definition) is 0. The first-order valence-electron chi connectivity index (χ1n) is 5.17. The van der Waals surface area contributed by atoms with Gasteiger partial charge in [0, 0.05) is 23.7 Å². The molecule has 14 heavy (non-hydrogen) atoms. The number of rotatable bonds is 3. The van der Waals surface area contributed by atoms with Crippen LogP contribution in [0.4, 0.5) is 0 Å². The summed E-state index contributed by atoms with van der Waals surface area (Å²) in [5.74, 6) is -0.891. The van der Waals surface area contributed by atoms with Gasteiger partial charge in [-0.15, -0.1) is 0 Å². The van der Waals surface area contributed by atoms with Crippen molar-refractivity contribution in [2.45, 2.75) is 46.0 Å². The monoisotopic (exact) mass is 197 g/mol. The van der Waals surface area contributed by atoms with Crippen molar-refractivity contribution < 1.29 is 14.7 Å². The summed E-state index contributed by atoms with van der Waals surface area (Å²) >= 11 is 0. The van der Waals surface area contributed by atoms with E-state index in [1.165, 1.54) is 0 Å². The van der Waals surface area contributed by atoms with Crippen LogP contribution in [0, 0.1) is 11.3 Å². The summed E-state index contributed by atoms with van der Waals surface area (Å²) in [6.45, 7) is 3.26. The van der Waals surface area contributed by atoms with E-state index in [0.717, 1.165) is 19.3 Å². The number of carbonyl (C=O) groups excluding carboxylic acids is 2. The summed E-state index contributed by atoms with van der Waals surface area (Å²) < 4.78 is 0. The molecule has 0 aromatic rings. The van der Waals surface area contributed by atoms with Gasteiger partial charge in [0.2, 0.25) is 0 Å². The lowest BCUT2D eigenvalue weighted by Crippen LogP contribution is -2.40. The molecule has 0 amide bonds. The van der Waals surface area contributed by atoms with E-state index in [2.05, 4.69) is 0 Å². The number of aliphatic carboxylic acids is 1. The van der Waals surface area contributed by atoms with E-state index in [0.29, 0.717) is 12.8 Å². The largest absolute Gasteiger partial charge is 0.550 e. The summed E-state index contributed by atoms with van der Waals surface area (Å²) in [4.78, 5) is 22.3. The highest BCUT2D eigenvalue weighted by atomic mass is 16.4. The van der Waals surface area contributed by atoms with Crippen molar-refractivity contribution in [3.05, 3.63) is 0 Å². The quantitative estimate of drug-likeness (QED) is 0.675. The average Bonchev–Trinajstić information content (AvgIpc) is 2.08. The molecule has 3 heteroatoms. The van der Waals surface area contributed by atoms with Gasteiger partial charge in [-0.2, -0.15) is 0 Å². The maximum Gasteiger partial charge on any atom is 0.136 e. The Bertz CT molecular complexity index is 243. The Balaban J connectivity index is 2.58. The molecule has 1 unspecified atom stereocenters. The van der Waals surface area contributed by atoms with Crippen molar-refractivity contribution in [2.75, 3.05) is 0 Å². The molecule has 1 aliphatic carbocycles. The molecule has 0 saturated heterocycles. The Kier molecular flexibility index (Phi) is 3.29. The number of carboxylic acid groups (broad SMARTS) is 1. The van der Waals surface area contributed by atoms with Crippen LogP contribution >= 0.6 is 0 Å². The van der Waals surface area contributed by atoms with Crippen LogP contribution in [0.3, 0.4) is 0 Å². The molecule has 0 aliphatic heterocycles. The zero-order chi connectivity index (χ0) is 10.8. The Morgan fingerprint density at radius 3 is 2.64 bits per heavy atom. The first-order valence-corrected chi connectivity index (χ1v) is 5.17. The lowest BCUT2D eigenvalue weighted by atomic mass is 9.76. The Hall–Kier alpha value is -0.860. The minimum absolute atomic E-state index is 0.0587. The van der Waals surface area contributed by atoms with Crippen molar-refractivity contribution in [1.29, 1.82) is 0 Å². The second-order valence-electron chi connectivity index (χ2n) is 4.78. The normalized spacial score (nSPS) is 23.6. The van der Waals surface area contributed by atoms with Gasteiger partial charge in [0.25, 0.3) is 0 Å². The molecule has 0 N–H and O–H groups in total. The van der Waals surface area contributed by atoms with E-state index in [-0.39, 0.29) is 11.7 Å². The molecular weight excluding hydrogens is 180 g/mol. The second-order valence-corrected chi connectivity index (χ2v) is 4.78. The molecule has 80 valence electrons. The number of hydrogen-bond acceptors (Lipinski definition) is 3. The standard InChI is InChI=1S/C11H18O3/c1-11(2,10(13)14)7-8-5-3-4-6-9(8)12/h8H,3-7H2,1-2H3,(H,13,14)/p-1. The maximum absolute atomic E-state index is 11.5. The predicted molar refractivity (Wildman–Crippen MR) is 50.4 cm³/mol. The van der Waals surface area contributed by atoms with Crippen molar-refractivity contribution in [1.82, 2.24) is 0 Å². The van der Waals surface area contributed by atoms with E-state index < -0.39 is 11.4 Å². The predicted octanol–water partition coefficient (Wildman–Crippen LogP) is 0.912. The molecule has 0 spiro atoms. The number of ketones is 1. The SMILES string of the molecule is CC(C)(CC1CCCCC1=O)C(=O)[O-]. The highest BCUT2D eigenvalue weighted by molar-refractivity contribution is 5.82. The lowest BCUT2D eigenvalue weighted by Gasteiger charge is -2.31. The zero-order valence-corrected chi connectivity index (χ0v) is 8.84. The van der Waals surface area contributed by atoms with E-state index in [1.54, 1.807) is 13.8 Å². The summed E-state index contributed by atoms with van der Waals surface area (Å²) in [6.07, 6.45) is 3.89. The van der Waals surface area contributed by atoms with E-state index in [1.807, 2.05) is 0 Å². The number of Topliss-reactive ketones (excluding diaryl/α,β-unsaturated/α-hetero) is 1. The van der Waals surface area contributed by atoms with Crippen LogP contribution < -0.4 is 5.11 Å². The molecule has 1 aliphatic rings. The second kappa shape index (κ2) is 4.11. The molecular formula is C11H17O3-. The van der Waals surface area contributed by atoms with Gasteiger partial charge in [0.05, 0.1) is 0 Å². The lowest BCUT2D eigenvalue weighted by molar-refractivity contribution is -0.318. The van der Waals surface area contributed by atoms with Crippen LogP contribution in [0.2, 0.25) is 0 Å². The van der Waals surface area contributed by atoms with Gasteiger partial charge in [0.1, 0.15) is 5.78 Å². The summed E-state index contributed by atoms with van der Waals surface area (Å²) in [5, 5.41) is 10.8. The molecule has 0 aromatic heterocycles. The van der Waals surface area contributed by atoms with Crippen LogP contribution in [0.5, 0.6) is 0 Å². The van der Waals surface area contributed by atoms with Crippen molar-refractivity contribution in [2.24, 2.45) is 11.3 Å². The molecule has 1 saturated carbocycles. The third-order valence-electron chi connectivity index (χ3n) is 2.99. The molecule has 0 radical (unpaired) electrons. The highest BCUT2D eigenvalue weighted by Crippen LogP contribution is 2.32. The molecule has 0 aromatic carbocycles. The first kappa shape index (κ1) is 11.2. The van der Waals surface area contributed by atoms with E-state index in [4.69, 9.17) is 0 Å². The number of carboxylic acids is 1. The maximum atomic E-state index is 11.5. The Labute approximate surface area is 84.5 Å². The fourth-order valence-corrected chi connectivity index (χ4v) is 1.97. The van der Waals surface area contributed by atoms with Gasteiger partial charge in [-0.05, 0) is 19.3 Å². The molecule has 1 atom stereocenters. The van der Waals surface area contributed by atoms with Crippen LogP contribution in [-0.2, 0) is 9.59 Å². The fourth-order valence-electron chi connectivity index (χ4n) is 1.97. The average molecular weight is 197 g/mol. The topological polar surface area (TPSA) is 57.2 Å². The van der Waals surface area contributed by atoms with Crippen LogP contribution in [0.1, 0.15) is 46.0 Å². The van der Waals surface area contributed by atoms with E-state index in [9.17, 15) is 14.7 Å². The minimum atomic E-state index is -1.06. The molecule has 1 fully saturated rings. The first-order chi connectivity index (χ1) is 6.43. The number of carbonyl (C=O) groups is 2. The Morgan fingerprint density at radius 1 is 1.50 bits per heavy atom. The van der Waals surface area contributed by atoms with Gasteiger partial charge in [0.15, 0.2) is 0 Å².